The molecule has 4 aromatic rings. The predicted octanol–water partition coefficient (Wildman–Crippen LogP) is 3.32. The maximum Gasteiger partial charge on any atom is 0.266 e. The molecule has 134 valence electrons. The minimum atomic E-state index is 0.00535. The maximum absolute atomic E-state index is 9.87. The molecule has 2 aromatic heterocycles. The molecule has 1 unspecified atom stereocenters. The number of fused-ring (bicyclic) bond motifs is 1. The number of aromatic amines is 1. The van der Waals surface area contributed by atoms with E-state index in [4.69, 9.17) is 4.52 Å². The lowest BCUT2D eigenvalue weighted by atomic mass is 9.91. The minimum absolute atomic E-state index is 0.00535. The highest BCUT2D eigenvalue weighted by Gasteiger charge is 2.31. The summed E-state index contributed by atoms with van der Waals surface area (Å²) in [6, 6.07) is 17.0. The number of anilines is 1. The van der Waals surface area contributed by atoms with E-state index in [1.807, 2.05) is 42.5 Å². The van der Waals surface area contributed by atoms with Gasteiger partial charge in [0.1, 0.15) is 5.75 Å². The molecule has 0 saturated carbocycles. The van der Waals surface area contributed by atoms with Crippen LogP contribution in [0.4, 0.5) is 5.95 Å². The Balaban J connectivity index is 1.49. The van der Waals surface area contributed by atoms with Crippen molar-refractivity contribution in [2.45, 2.75) is 12.5 Å². The predicted molar refractivity (Wildman–Crippen MR) is 99.3 cm³/mol. The van der Waals surface area contributed by atoms with Gasteiger partial charge in [-0.2, -0.15) is 4.98 Å². The first kappa shape index (κ1) is 15.6. The molecule has 0 radical (unpaired) electrons. The van der Waals surface area contributed by atoms with Crippen LogP contribution in [-0.2, 0) is 6.54 Å². The number of imidazole rings is 1. The van der Waals surface area contributed by atoms with Gasteiger partial charge in [-0.05, 0) is 35.0 Å². The highest BCUT2D eigenvalue weighted by molar-refractivity contribution is 5.54. The molecule has 3 heterocycles. The second kappa shape index (κ2) is 6.28. The summed E-state index contributed by atoms with van der Waals surface area (Å²) in [7, 11) is 0. The van der Waals surface area contributed by atoms with Gasteiger partial charge < -0.3 is 19.5 Å². The normalized spacial score (nSPS) is 16.3. The summed E-state index contributed by atoms with van der Waals surface area (Å²) in [4.78, 5) is 14.3. The number of benzene rings is 2. The fourth-order valence-corrected chi connectivity index (χ4v) is 3.52. The fraction of sp³-hybridized carbons (Fsp3) is 0.150. The van der Waals surface area contributed by atoms with E-state index in [2.05, 4.69) is 25.0 Å². The largest absolute Gasteiger partial charge is 0.508 e. The third kappa shape index (κ3) is 2.83. The molecule has 1 atom stereocenters. The van der Waals surface area contributed by atoms with E-state index in [0.717, 1.165) is 22.5 Å². The molecule has 5 rings (SSSR count). The second-order valence-corrected chi connectivity index (χ2v) is 6.56. The number of phenols is 1. The van der Waals surface area contributed by atoms with Gasteiger partial charge in [0.15, 0.2) is 0 Å². The Morgan fingerprint density at radius 2 is 2.00 bits per heavy atom. The molecule has 7 nitrogen and oxygen atoms in total. The quantitative estimate of drug-likeness (QED) is 0.583. The van der Waals surface area contributed by atoms with Crippen molar-refractivity contribution >= 4 is 5.95 Å². The zero-order chi connectivity index (χ0) is 18.2. The van der Waals surface area contributed by atoms with E-state index >= 15 is 0 Å². The van der Waals surface area contributed by atoms with Gasteiger partial charge in [-0.3, -0.25) is 0 Å². The van der Waals surface area contributed by atoms with Crippen LogP contribution in [0.15, 0.2) is 65.4 Å². The lowest BCUT2D eigenvalue weighted by Gasteiger charge is -2.31. The molecule has 2 aromatic carbocycles. The van der Waals surface area contributed by atoms with Gasteiger partial charge in [0, 0.05) is 18.0 Å². The van der Waals surface area contributed by atoms with E-state index in [-0.39, 0.29) is 11.7 Å². The van der Waals surface area contributed by atoms with Crippen molar-refractivity contribution in [1.29, 1.82) is 0 Å². The van der Waals surface area contributed by atoms with Crippen molar-refractivity contribution in [3.8, 4) is 17.2 Å². The Morgan fingerprint density at radius 1 is 1.11 bits per heavy atom. The summed E-state index contributed by atoms with van der Waals surface area (Å²) in [6.07, 6.45) is 1.70. The first-order valence-electron chi connectivity index (χ1n) is 8.73. The third-order valence-corrected chi connectivity index (χ3v) is 4.83. The number of phenolic OH excluding ortho intramolecular Hbond substituents is 1. The first-order chi connectivity index (χ1) is 13.3. The van der Waals surface area contributed by atoms with Gasteiger partial charge in [-0.1, -0.05) is 30.3 Å². The highest BCUT2D eigenvalue weighted by atomic mass is 16.5. The van der Waals surface area contributed by atoms with E-state index < -0.39 is 0 Å². The standard InChI is InChI=1S/C20H17N5O2/c26-15-8-4-7-14(9-15)16-10-25(11-17-18(16)22-12-21-17)20-23-19(27-24-20)13-5-2-1-3-6-13/h1-9,12,16,26H,10-11H2,(H,21,22). The van der Waals surface area contributed by atoms with Crippen LogP contribution in [0.1, 0.15) is 22.9 Å². The zero-order valence-electron chi connectivity index (χ0n) is 14.4. The van der Waals surface area contributed by atoms with Gasteiger partial charge >= 0.3 is 0 Å². The Kier molecular flexibility index (Phi) is 3.64. The molecule has 0 saturated heterocycles. The number of hydrogen-bond acceptors (Lipinski definition) is 6. The van der Waals surface area contributed by atoms with Crippen LogP contribution in [0.3, 0.4) is 0 Å². The number of H-pyrrole nitrogens is 1. The molecule has 0 fully saturated rings. The fourth-order valence-electron chi connectivity index (χ4n) is 3.52. The molecule has 27 heavy (non-hydrogen) atoms. The molecule has 1 aliphatic heterocycles. The van der Waals surface area contributed by atoms with Crippen LogP contribution >= 0.6 is 0 Å². The highest BCUT2D eigenvalue weighted by Crippen LogP contribution is 2.34. The summed E-state index contributed by atoms with van der Waals surface area (Å²) in [5.41, 5.74) is 3.89. The SMILES string of the molecule is Oc1cccc(C2CN(c3noc(-c4ccccc4)n3)Cc3[nH]cnc32)c1. The average molecular weight is 359 g/mol. The summed E-state index contributed by atoms with van der Waals surface area (Å²) >= 11 is 0. The molecule has 0 amide bonds. The average Bonchev–Trinajstić information content (AvgIpc) is 3.37. The summed E-state index contributed by atoms with van der Waals surface area (Å²) in [5, 5.41) is 14.0. The van der Waals surface area contributed by atoms with Crippen molar-refractivity contribution in [1.82, 2.24) is 20.1 Å². The van der Waals surface area contributed by atoms with E-state index in [9.17, 15) is 5.11 Å². The monoisotopic (exact) mass is 359 g/mol. The Labute approximate surface area is 155 Å². The lowest BCUT2D eigenvalue weighted by Crippen LogP contribution is -2.35. The number of aromatic nitrogens is 4. The van der Waals surface area contributed by atoms with Gasteiger partial charge in [0.05, 0.1) is 24.3 Å². The van der Waals surface area contributed by atoms with Crippen molar-refractivity contribution in [2.75, 3.05) is 11.4 Å². The maximum atomic E-state index is 9.87. The van der Waals surface area contributed by atoms with E-state index in [0.29, 0.717) is 24.9 Å². The van der Waals surface area contributed by atoms with E-state index in [1.165, 1.54) is 0 Å². The Morgan fingerprint density at radius 3 is 2.85 bits per heavy atom. The van der Waals surface area contributed by atoms with Crippen LogP contribution in [0, 0.1) is 0 Å². The minimum Gasteiger partial charge on any atom is -0.508 e. The number of nitrogens with zero attached hydrogens (tertiary/aromatic N) is 4. The molecular weight excluding hydrogens is 342 g/mol. The molecule has 0 aliphatic carbocycles. The van der Waals surface area contributed by atoms with Crippen molar-refractivity contribution in [3.05, 3.63) is 77.9 Å². The topological polar surface area (TPSA) is 91.1 Å². The molecule has 0 bridgehead atoms. The second-order valence-electron chi connectivity index (χ2n) is 6.56. The number of aromatic hydroxyl groups is 1. The number of nitrogens with one attached hydrogen (secondary N) is 1. The summed E-state index contributed by atoms with van der Waals surface area (Å²) < 4.78 is 5.46. The van der Waals surface area contributed by atoms with Gasteiger partial charge in [0.2, 0.25) is 0 Å². The number of rotatable bonds is 3. The van der Waals surface area contributed by atoms with Crippen molar-refractivity contribution < 1.29 is 9.63 Å². The molecule has 7 heteroatoms. The Hall–Kier alpha value is -3.61. The van der Waals surface area contributed by atoms with Crippen molar-refractivity contribution in [3.63, 3.8) is 0 Å². The van der Waals surface area contributed by atoms with E-state index in [1.54, 1.807) is 18.5 Å². The lowest BCUT2D eigenvalue weighted by molar-refractivity contribution is 0.427. The van der Waals surface area contributed by atoms with Crippen molar-refractivity contribution in [2.24, 2.45) is 0 Å². The number of hydrogen-bond donors (Lipinski definition) is 2. The summed E-state index contributed by atoms with van der Waals surface area (Å²) in [5.74, 6) is 1.28. The summed E-state index contributed by atoms with van der Waals surface area (Å²) in [6.45, 7) is 1.27. The van der Waals surface area contributed by atoms with Crippen LogP contribution < -0.4 is 4.90 Å². The van der Waals surface area contributed by atoms with Gasteiger partial charge in [-0.15, -0.1) is 0 Å². The van der Waals surface area contributed by atoms with Gasteiger partial charge in [0.25, 0.3) is 11.8 Å². The molecular formula is C20H17N5O2. The van der Waals surface area contributed by atoms with Crippen LogP contribution in [0.5, 0.6) is 5.75 Å². The van der Waals surface area contributed by atoms with Gasteiger partial charge in [-0.25, -0.2) is 4.98 Å². The zero-order valence-corrected chi connectivity index (χ0v) is 14.4. The third-order valence-electron chi connectivity index (χ3n) is 4.83. The first-order valence-corrected chi connectivity index (χ1v) is 8.73. The van der Waals surface area contributed by atoms with Crippen LogP contribution in [-0.4, -0.2) is 31.8 Å². The Bertz CT molecular complexity index is 1070. The van der Waals surface area contributed by atoms with Crippen LogP contribution in [0.2, 0.25) is 0 Å². The smallest absolute Gasteiger partial charge is 0.266 e. The van der Waals surface area contributed by atoms with Crippen LogP contribution in [0.25, 0.3) is 11.5 Å². The molecule has 1 aliphatic rings. The molecule has 2 N–H and O–H groups in total. The molecule has 0 spiro atoms.